The van der Waals surface area contributed by atoms with Crippen LogP contribution in [0.1, 0.15) is 45.1 Å². The van der Waals surface area contributed by atoms with Gasteiger partial charge in [0.2, 0.25) is 11.8 Å². The van der Waals surface area contributed by atoms with Gasteiger partial charge in [0.1, 0.15) is 11.8 Å². The van der Waals surface area contributed by atoms with Gasteiger partial charge in [-0.1, -0.05) is 61.3 Å². The predicted octanol–water partition coefficient (Wildman–Crippen LogP) is 4.83. The van der Waals surface area contributed by atoms with Gasteiger partial charge in [0.25, 0.3) is 0 Å². The summed E-state index contributed by atoms with van der Waals surface area (Å²) in [5.74, 6) is 0.538. The summed E-state index contributed by atoms with van der Waals surface area (Å²) >= 11 is 6.30. The van der Waals surface area contributed by atoms with Gasteiger partial charge in [-0.15, -0.1) is 0 Å². The number of para-hydroxylation sites is 1. The number of carbonyl (C=O) groups excluding carboxylic acids is 2. The molecule has 0 aliphatic carbocycles. The molecule has 0 aliphatic heterocycles. The van der Waals surface area contributed by atoms with E-state index in [9.17, 15) is 9.59 Å². The van der Waals surface area contributed by atoms with Crippen LogP contribution in [-0.4, -0.2) is 35.9 Å². The maximum atomic E-state index is 13.0. The molecule has 1 unspecified atom stereocenters. The zero-order valence-electron chi connectivity index (χ0n) is 17.8. The summed E-state index contributed by atoms with van der Waals surface area (Å²) < 4.78 is 5.68. The first kappa shape index (κ1) is 23.7. The van der Waals surface area contributed by atoms with Crippen LogP contribution in [0.4, 0.5) is 0 Å². The maximum Gasteiger partial charge on any atom is 0.242 e. The van der Waals surface area contributed by atoms with E-state index in [-0.39, 0.29) is 11.8 Å². The summed E-state index contributed by atoms with van der Waals surface area (Å²) in [6.07, 6.45) is 2.77. The molecule has 2 aromatic carbocycles. The molecule has 1 atom stereocenters. The minimum atomic E-state index is -0.583. The van der Waals surface area contributed by atoms with Gasteiger partial charge in [-0.25, -0.2) is 0 Å². The second-order valence-corrected chi connectivity index (χ2v) is 7.61. The quantitative estimate of drug-likeness (QED) is 0.490. The van der Waals surface area contributed by atoms with Crippen molar-refractivity contribution in [2.45, 2.75) is 52.1 Å². The van der Waals surface area contributed by atoms with Crippen LogP contribution in [0.15, 0.2) is 54.6 Å². The number of hydrogen-bond donors (Lipinski definition) is 1. The van der Waals surface area contributed by atoms with Crippen LogP contribution in [0.3, 0.4) is 0 Å². The molecule has 5 nitrogen and oxygen atoms in total. The Kier molecular flexibility index (Phi) is 10.2. The van der Waals surface area contributed by atoms with Crippen molar-refractivity contribution in [2.24, 2.45) is 0 Å². The second kappa shape index (κ2) is 12.9. The van der Waals surface area contributed by atoms with E-state index < -0.39 is 6.04 Å². The third kappa shape index (κ3) is 7.71. The third-order valence-electron chi connectivity index (χ3n) is 4.84. The van der Waals surface area contributed by atoms with Crippen molar-refractivity contribution in [1.82, 2.24) is 10.2 Å². The SMILES string of the molecule is CCCCNC(=O)C(C)N(Cc1ccccc1Cl)C(=O)CCCOc1ccccc1. The van der Waals surface area contributed by atoms with Gasteiger partial charge in [0.15, 0.2) is 0 Å². The molecular formula is C24H31ClN2O3. The Morgan fingerprint density at radius 1 is 1.07 bits per heavy atom. The van der Waals surface area contributed by atoms with Gasteiger partial charge >= 0.3 is 0 Å². The summed E-state index contributed by atoms with van der Waals surface area (Å²) in [4.78, 5) is 27.2. The van der Waals surface area contributed by atoms with Crippen LogP contribution in [0.25, 0.3) is 0 Å². The minimum Gasteiger partial charge on any atom is -0.494 e. The van der Waals surface area contributed by atoms with Gasteiger partial charge in [-0.05, 0) is 43.5 Å². The van der Waals surface area contributed by atoms with Gasteiger partial charge in [-0.3, -0.25) is 9.59 Å². The van der Waals surface area contributed by atoms with E-state index in [2.05, 4.69) is 12.2 Å². The van der Waals surface area contributed by atoms with Crippen LogP contribution in [0.2, 0.25) is 5.02 Å². The first-order valence-corrected chi connectivity index (χ1v) is 10.9. The van der Waals surface area contributed by atoms with Crippen molar-refractivity contribution in [3.8, 4) is 5.75 Å². The second-order valence-electron chi connectivity index (χ2n) is 7.20. The number of unbranched alkanes of at least 4 members (excludes halogenated alkanes) is 1. The van der Waals surface area contributed by atoms with Crippen molar-refractivity contribution in [3.63, 3.8) is 0 Å². The normalized spacial score (nSPS) is 11.6. The van der Waals surface area contributed by atoms with Crippen molar-refractivity contribution >= 4 is 23.4 Å². The maximum absolute atomic E-state index is 13.0. The number of rotatable bonds is 12. The average Bonchev–Trinajstić information content (AvgIpc) is 2.76. The molecule has 2 aromatic rings. The smallest absolute Gasteiger partial charge is 0.242 e. The van der Waals surface area contributed by atoms with E-state index in [1.54, 1.807) is 17.9 Å². The van der Waals surface area contributed by atoms with Crippen LogP contribution in [-0.2, 0) is 16.1 Å². The van der Waals surface area contributed by atoms with E-state index in [1.807, 2.05) is 48.5 Å². The molecule has 162 valence electrons. The summed E-state index contributed by atoms with van der Waals surface area (Å²) in [6.45, 7) is 5.17. The number of nitrogens with zero attached hydrogens (tertiary/aromatic N) is 1. The lowest BCUT2D eigenvalue weighted by Gasteiger charge is -2.29. The highest BCUT2D eigenvalue weighted by molar-refractivity contribution is 6.31. The lowest BCUT2D eigenvalue weighted by atomic mass is 10.1. The summed E-state index contributed by atoms with van der Waals surface area (Å²) in [5, 5.41) is 3.50. The minimum absolute atomic E-state index is 0.0928. The number of benzene rings is 2. The van der Waals surface area contributed by atoms with E-state index in [0.29, 0.717) is 37.6 Å². The number of amides is 2. The molecule has 0 radical (unpaired) electrons. The van der Waals surface area contributed by atoms with Crippen molar-refractivity contribution < 1.29 is 14.3 Å². The molecule has 2 amide bonds. The van der Waals surface area contributed by atoms with Crippen molar-refractivity contribution in [3.05, 3.63) is 65.2 Å². The zero-order chi connectivity index (χ0) is 21.8. The average molecular weight is 431 g/mol. The van der Waals surface area contributed by atoms with Gasteiger partial charge in [0.05, 0.1) is 6.61 Å². The molecular weight excluding hydrogens is 400 g/mol. The van der Waals surface area contributed by atoms with Crippen LogP contribution < -0.4 is 10.1 Å². The Bertz CT molecular complexity index is 798. The van der Waals surface area contributed by atoms with E-state index in [0.717, 1.165) is 24.2 Å². The predicted molar refractivity (Wildman–Crippen MR) is 121 cm³/mol. The molecule has 0 saturated heterocycles. The number of nitrogens with one attached hydrogen (secondary N) is 1. The van der Waals surface area contributed by atoms with Crippen LogP contribution >= 0.6 is 11.6 Å². The fourth-order valence-electron chi connectivity index (χ4n) is 3.00. The molecule has 0 spiro atoms. The van der Waals surface area contributed by atoms with Gasteiger partial charge in [0, 0.05) is 24.5 Å². The molecule has 2 rings (SSSR count). The summed E-state index contributed by atoms with van der Waals surface area (Å²) in [6, 6.07) is 16.3. The highest BCUT2D eigenvalue weighted by atomic mass is 35.5. The van der Waals surface area contributed by atoms with E-state index in [1.165, 1.54) is 0 Å². The lowest BCUT2D eigenvalue weighted by molar-refractivity contribution is -0.140. The number of hydrogen-bond acceptors (Lipinski definition) is 3. The van der Waals surface area contributed by atoms with E-state index >= 15 is 0 Å². The Hall–Kier alpha value is -2.53. The largest absolute Gasteiger partial charge is 0.494 e. The first-order chi connectivity index (χ1) is 14.5. The molecule has 0 fully saturated rings. The lowest BCUT2D eigenvalue weighted by Crippen LogP contribution is -2.47. The number of carbonyl (C=O) groups is 2. The third-order valence-corrected chi connectivity index (χ3v) is 5.21. The molecule has 1 N–H and O–H groups in total. The fraction of sp³-hybridized carbons (Fsp3) is 0.417. The molecule has 0 bridgehead atoms. The van der Waals surface area contributed by atoms with E-state index in [4.69, 9.17) is 16.3 Å². The zero-order valence-corrected chi connectivity index (χ0v) is 18.5. The molecule has 0 saturated carbocycles. The van der Waals surface area contributed by atoms with Crippen LogP contribution in [0.5, 0.6) is 5.75 Å². The van der Waals surface area contributed by atoms with Gasteiger partial charge in [-0.2, -0.15) is 0 Å². The number of ether oxygens (including phenoxy) is 1. The van der Waals surface area contributed by atoms with Gasteiger partial charge < -0.3 is 15.0 Å². The first-order valence-electron chi connectivity index (χ1n) is 10.5. The van der Waals surface area contributed by atoms with Crippen molar-refractivity contribution in [2.75, 3.05) is 13.2 Å². The van der Waals surface area contributed by atoms with Crippen LogP contribution in [0, 0.1) is 0 Å². The topological polar surface area (TPSA) is 58.6 Å². The highest BCUT2D eigenvalue weighted by Gasteiger charge is 2.26. The number of halogens is 1. The molecule has 0 aliphatic rings. The molecule has 0 heterocycles. The Labute approximate surface area is 184 Å². The molecule has 0 aromatic heterocycles. The highest BCUT2D eigenvalue weighted by Crippen LogP contribution is 2.19. The Morgan fingerprint density at radius 3 is 2.47 bits per heavy atom. The van der Waals surface area contributed by atoms with Crippen molar-refractivity contribution in [1.29, 1.82) is 0 Å². The monoisotopic (exact) mass is 430 g/mol. The standard InChI is InChI=1S/C24H31ClN2O3/c1-3-4-16-26-24(29)19(2)27(18-20-11-8-9-14-22(20)25)23(28)15-10-17-30-21-12-6-5-7-13-21/h5-9,11-14,19H,3-4,10,15-18H2,1-2H3,(H,26,29). The molecule has 30 heavy (non-hydrogen) atoms. The Morgan fingerprint density at radius 2 is 1.77 bits per heavy atom. The molecule has 6 heteroatoms. The Balaban J connectivity index is 1.98. The summed E-state index contributed by atoms with van der Waals surface area (Å²) in [5.41, 5.74) is 0.821. The fourth-order valence-corrected chi connectivity index (χ4v) is 3.20. The summed E-state index contributed by atoms with van der Waals surface area (Å²) in [7, 11) is 0.